The molecule has 2 heterocycles. The highest BCUT2D eigenvalue weighted by Gasteiger charge is 2.21. The molecule has 0 bridgehead atoms. The van der Waals surface area contributed by atoms with Crippen LogP contribution in [0.15, 0.2) is 54.7 Å². The summed E-state index contributed by atoms with van der Waals surface area (Å²) in [5.74, 6) is 0.205. The number of thiophene rings is 1. The van der Waals surface area contributed by atoms with Crippen LogP contribution in [0.3, 0.4) is 0 Å². The molecule has 0 radical (unpaired) electrons. The molecule has 19 heavy (non-hydrogen) atoms. The number of benzene rings is 1. The molecule has 0 saturated heterocycles. The van der Waals surface area contributed by atoms with Gasteiger partial charge in [-0.15, -0.1) is 22.9 Å². The van der Waals surface area contributed by atoms with E-state index in [1.54, 1.807) is 11.3 Å². The molecule has 0 aliphatic carbocycles. The van der Waals surface area contributed by atoms with Crippen LogP contribution in [0.1, 0.15) is 28.8 Å². The number of hydrogen-bond donors (Lipinski definition) is 0. The van der Waals surface area contributed by atoms with Gasteiger partial charge < -0.3 is 0 Å². The average Bonchev–Trinajstić information content (AvgIpc) is 2.90. The zero-order valence-corrected chi connectivity index (χ0v) is 12.2. The van der Waals surface area contributed by atoms with Gasteiger partial charge in [-0.25, -0.2) is 0 Å². The quantitative estimate of drug-likeness (QED) is 0.589. The Morgan fingerprint density at radius 1 is 1.11 bits per heavy atom. The topological polar surface area (TPSA) is 12.9 Å². The second-order valence-electron chi connectivity index (χ2n) is 4.63. The smallest absolute Gasteiger partial charge is 0.0759 e. The third-order valence-corrected chi connectivity index (χ3v) is 5.25. The molecule has 1 aromatic carbocycles. The number of aromatic nitrogens is 1. The lowest BCUT2D eigenvalue weighted by molar-refractivity contribution is 0.715. The van der Waals surface area contributed by atoms with Crippen molar-refractivity contribution in [2.75, 3.05) is 0 Å². The van der Waals surface area contributed by atoms with Crippen molar-refractivity contribution in [3.63, 3.8) is 0 Å². The van der Waals surface area contributed by atoms with E-state index in [0.29, 0.717) is 0 Å². The summed E-state index contributed by atoms with van der Waals surface area (Å²) in [5.41, 5.74) is 1.04. The average molecular weight is 288 g/mol. The summed E-state index contributed by atoms with van der Waals surface area (Å²) in [5, 5.41) is 1.23. The number of halogens is 1. The summed E-state index contributed by atoms with van der Waals surface area (Å²) in [6.45, 7) is 2.13. The summed E-state index contributed by atoms with van der Waals surface area (Å²) in [6.07, 6.45) is 1.82. The maximum Gasteiger partial charge on any atom is 0.0759 e. The van der Waals surface area contributed by atoms with Crippen molar-refractivity contribution in [2.45, 2.75) is 18.2 Å². The third kappa shape index (κ3) is 2.51. The Morgan fingerprint density at radius 3 is 2.63 bits per heavy atom. The lowest BCUT2D eigenvalue weighted by atomic mass is 10.0. The Balaban J connectivity index is 1.93. The van der Waals surface area contributed by atoms with Crippen molar-refractivity contribution in [3.8, 4) is 0 Å². The molecule has 0 amide bonds. The molecule has 2 aromatic heterocycles. The van der Waals surface area contributed by atoms with Crippen molar-refractivity contribution in [3.05, 3.63) is 65.3 Å². The first-order valence-electron chi connectivity index (χ1n) is 6.29. The number of alkyl halides is 1. The number of fused-ring (bicyclic) bond motifs is 1. The maximum atomic E-state index is 6.63. The minimum Gasteiger partial charge on any atom is -0.261 e. The van der Waals surface area contributed by atoms with Gasteiger partial charge in [0, 0.05) is 27.4 Å². The number of hydrogen-bond acceptors (Lipinski definition) is 2. The summed E-state index contributed by atoms with van der Waals surface area (Å²) < 4.78 is 1.29. The molecule has 2 atom stereocenters. The number of rotatable bonds is 3. The first kappa shape index (κ1) is 12.6. The molecule has 96 valence electrons. The number of nitrogens with zero attached hydrogens (tertiary/aromatic N) is 1. The predicted molar refractivity (Wildman–Crippen MR) is 83.1 cm³/mol. The molecule has 0 saturated carbocycles. The summed E-state index contributed by atoms with van der Waals surface area (Å²) in [7, 11) is 0. The van der Waals surface area contributed by atoms with Crippen molar-refractivity contribution in [1.82, 2.24) is 4.98 Å². The van der Waals surface area contributed by atoms with E-state index in [4.69, 9.17) is 11.6 Å². The van der Waals surface area contributed by atoms with Crippen molar-refractivity contribution < 1.29 is 0 Å². The fraction of sp³-hybridized carbons (Fsp3) is 0.188. The van der Waals surface area contributed by atoms with Crippen molar-refractivity contribution >= 4 is 33.0 Å². The fourth-order valence-electron chi connectivity index (χ4n) is 2.18. The van der Waals surface area contributed by atoms with Gasteiger partial charge in [-0.1, -0.05) is 31.2 Å². The van der Waals surface area contributed by atoms with E-state index in [1.807, 2.05) is 24.4 Å². The highest BCUT2D eigenvalue weighted by molar-refractivity contribution is 7.19. The summed E-state index contributed by atoms with van der Waals surface area (Å²) in [4.78, 5) is 5.61. The molecule has 0 spiro atoms. The van der Waals surface area contributed by atoms with E-state index < -0.39 is 0 Å². The van der Waals surface area contributed by atoms with Crippen molar-refractivity contribution in [1.29, 1.82) is 0 Å². The highest BCUT2D eigenvalue weighted by Crippen LogP contribution is 2.40. The Labute approximate surface area is 121 Å². The van der Waals surface area contributed by atoms with Crippen LogP contribution in [-0.4, -0.2) is 4.98 Å². The third-order valence-electron chi connectivity index (χ3n) is 3.31. The van der Waals surface area contributed by atoms with Gasteiger partial charge in [0.05, 0.1) is 5.38 Å². The Bertz CT molecular complexity index is 644. The van der Waals surface area contributed by atoms with Crippen LogP contribution in [-0.2, 0) is 0 Å². The fourth-order valence-corrected chi connectivity index (χ4v) is 3.65. The Kier molecular flexibility index (Phi) is 3.54. The minimum atomic E-state index is -0.0349. The van der Waals surface area contributed by atoms with E-state index in [-0.39, 0.29) is 11.3 Å². The highest BCUT2D eigenvalue weighted by atomic mass is 35.5. The van der Waals surface area contributed by atoms with E-state index in [1.165, 1.54) is 15.0 Å². The lowest BCUT2D eigenvalue weighted by Crippen LogP contribution is -2.02. The van der Waals surface area contributed by atoms with E-state index >= 15 is 0 Å². The van der Waals surface area contributed by atoms with Crippen molar-refractivity contribution in [2.24, 2.45) is 0 Å². The number of pyridine rings is 1. The molecule has 3 rings (SSSR count). The van der Waals surface area contributed by atoms with Gasteiger partial charge in [0.15, 0.2) is 0 Å². The summed E-state index contributed by atoms with van der Waals surface area (Å²) >= 11 is 8.40. The monoisotopic (exact) mass is 287 g/mol. The van der Waals surface area contributed by atoms with Gasteiger partial charge in [0.25, 0.3) is 0 Å². The molecule has 0 aliphatic rings. The molecule has 3 heteroatoms. The molecule has 1 nitrogen and oxygen atoms in total. The molecule has 0 N–H and O–H groups in total. The van der Waals surface area contributed by atoms with Gasteiger partial charge >= 0.3 is 0 Å². The first-order chi connectivity index (χ1) is 9.25. The minimum absolute atomic E-state index is 0.0349. The van der Waals surface area contributed by atoms with Gasteiger partial charge in [0.2, 0.25) is 0 Å². The Hall–Kier alpha value is -1.38. The van der Waals surface area contributed by atoms with Crippen LogP contribution in [0, 0.1) is 0 Å². The molecular formula is C16H14ClNS. The van der Waals surface area contributed by atoms with E-state index in [0.717, 1.165) is 5.69 Å². The van der Waals surface area contributed by atoms with E-state index in [2.05, 4.69) is 42.2 Å². The van der Waals surface area contributed by atoms with Crippen LogP contribution >= 0.6 is 22.9 Å². The standard InChI is InChI=1S/C16H14ClNS/c1-11(13-7-4-5-9-18-13)16(17)15-10-12-6-2-3-8-14(12)19-15/h2-11,16H,1H3. The molecule has 0 aliphatic heterocycles. The van der Waals surface area contributed by atoms with Crippen LogP contribution in [0.25, 0.3) is 10.1 Å². The first-order valence-corrected chi connectivity index (χ1v) is 7.54. The second-order valence-corrected chi connectivity index (χ2v) is 6.22. The maximum absolute atomic E-state index is 6.63. The van der Waals surface area contributed by atoms with Crippen LogP contribution < -0.4 is 0 Å². The zero-order valence-electron chi connectivity index (χ0n) is 10.6. The SMILES string of the molecule is CC(c1ccccn1)C(Cl)c1cc2ccccc2s1. The molecule has 0 fully saturated rings. The van der Waals surface area contributed by atoms with Gasteiger partial charge in [0.1, 0.15) is 0 Å². The lowest BCUT2D eigenvalue weighted by Gasteiger charge is -2.15. The second kappa shape index (κ2) is 5.32. The van der Waals surface area contributed by atoms with Crippen LogP contribution in [0.4, 0.5) is 0 Å². The zero-order chi connectivity index (χ0) is 13.2. The Morgan fingerprint density at radius 2 is 1.89 bits per heavy atom. The largest absolute Gasteiger partial charge is 0.261 e. The normalized spacial score (nSPS) is 14.4. The van der Waals surface area contributed by atoms with Crippen LogP contribution in [0.2, 0.25) is 0 Å². The molecule has 3 aromatic rings. The molecular weight excluding hydrogens is 274 g/mol. The molecule has 2 unspecified atom stereocenters. The van der Waals surface area contributed by atoms with Gasteiger partial charge in [-0.3, -0.25) is 4.98 Å². The van der Waals surface area contributed by atoms with Gasteiger partial charge in [-0.05, 0) is 29.7 Å². The van der Waals surface area contributed by atoms with Crippen LogP contribution in [0.5, 0.6) is 0 Å². The predicted octanol–water partition coefficient (Wildman–Crippen LogP) is 5.38. The van der Waals surface area contributed by atoms with Gasteiger partial charge in [-0.2, -0.15) is 0 Å². The summed E-state index contributed by atoms with van der Waals surface area (Å²) in [6, 6.07) is 16.6. The van der Waals surface area contributed by atoms with E-state index in [9.17, 15) is 0 Å².